The van der Waals surface area contributed by atoms with Crippen molar-refractivity contribution in [1.82, 2.24) is 25.0 Å². The van der Waals surface area contributed by atoms with Crippen molar-refractivity contribution in [3.63, 3.8) is 0 Å². The van der Waals surface area contributed by atoms with Crippen LogP contribution in [0.4, 0.5) is 0 Å². The summed E-state index contributed by atoms with van der Waals surface area (Å²) in [4.78, 5) is 21.8. The Morgan fingerprint density at radius 1 is 1.26 bits per heavy atom. The quantitative estimate of drug-likeness (QED) is 0.854. The van der Waals surface area contributed by atoms with Crippen molar-refractivity contribution < 1.29 is 9.21 Å². The molecule has 3 rings (SSSR count). The minimum Gasteiger partial charge on any atom is -0.424 e. The predicted molar refractivity (Wildman–Crippen MR) is 86.4 cm³/mol. The Morgan fingerprint density at radius 3 is 2.74 bits per heavy atom. The van der Waals surface area contributed by atoms with Crippen LogP contribution in [0.25, 0.3) is 0 Å². The fourth-order valence-corrected chi connectivity index (χ4v) is 3.58. The normalized spacial score (nSPS) is 18.0. The average molecular weight is 335 g/mol. The molecule has 7 nitrogen and oxygen atoms in total. The van der Waals surface area contributed by atoms with Crippen LogP contribution < -0.4 is 0 Å². The monoisotopic (exact) mass is 335 g/mol. The predicted octanol–water partition coefficient (Wildman–Crippen LogP) is 2.05. The van der Waals surface area contributed by atoms with Gasteiger partial charge in [0.2, 0.25) is 11.8 Å². The summed E-state index contributed by atoms with van der Waals surface area (Å²) in [6.07, 6.45) is 0.932. The number of hydrogen-bond acceptors (Lipinski definition) is 7. The molecule has 124 valence electrons. The Hall–Kier alpha value is -1.80. The number of rotatable bonds is 3. The first kappa shape index (κ1) is 16.1. The van der Waals surface area contributed by atoms with E-state index in [1.807, 2.05) is 11.8 Å². The molecule has 1 amide bonds. The highest BCUT2D eigenvalue weighted by atomic mass is 32.1. The van der Waals surface area contributed by atoms with Crippen LogP contribution in [-0.2, 0) is 0 Å². The molecule has 2 aromatic heterocycles. The first-order valence-electron chi connectivity index (χ1n) is 7.79. The summed E-state index contributed by atoms with van der Waals surface area (Å²) in [5, 5.41) is 8.01. The van der Waals surface area contributed by atoms with E-state index in [1.54, 1.807) is 12.4 Å². The molecule has 0 spiro atoms. The zero-order valence-electron chi connectivity index (χ0n) is 13.7. The number of amides is 1. The van der Waals surface area contributed by atoms with E-state index in [2.05, 4.69) is 27.0 Å². The lowest BCUT2D eigenvalue weighted by molar-refractivity contribution is 0.0761. The second-order valence-electron chi connectivity index (χ2n) is 5.78. The Kier molecular flexibility index (Phi) is 4.72. The minimum absolute atomic E-state index is 0.0661. The van der Waals surface area contributed by atoms with Gasteiger partial charge in [0.25, 0.3) is 5.91 Å². The van der Waals surface area contributed by atoms with Crippen molar-refractivity contribution in [3.05, 3.63) is 27.9 Å². The van der Waals surface area contributed by atoms with Gasteiger partial charge >= 0.3 is 0 Å². The fourth-order valence-electron chi connectivity index (χ4n) is 2.82. The highest BCUT2D eigenvalue weighted by Gasteiger charge is 2.26. The molecule has 1 aliphatic heterocycles. The van der Waals surface area contributed by atoms with Crippen LogP contribution in [0.1, 0.15) is 46.5 Å². The highest BCUT2D eigenvalue weighted by Crippen LogP contribution is 2.22. The smallest absolute Gasteiger partial charge is 0.265 e. The molecule has 0 aromatic carbocycles. The maximum Gasteiger partial charge on any atom is 0.265 e. The molecule has 8 heteroatoms. The summed E-state index contributed by atoms with van der Waals surface area (Å²) in [7, 11) is 0. The van der Waals surface area contributed by atoms with Crippen LogP contribution in [0, 0.1) is 13.8 Å². The van der Waals surface area contributed by atoms with E-state index < -0.39 is 0 Å². The summed E-state index contributed by atoms with van der Waals surface area (Å²) in [5.41, 5.74) is 2.54. The molecule has 1 atom stereocenters. The lowest BCUT2D eigenvalue weighted by Crippen LogP contribution is -2.36. The van der Waals surface area contributed by atoms with E-state index in [1.165, 1.54) is 11.3 Å². The van der Waals surface area contributed by atoms with Crippen LogP contribution in [-0.4, -0.2) is 57.1 Å². The third kappa shape index (κ3) is 3.42. The Morgan fingerprint density at radius 2 is 2.09 bits per heavy atom. The van der Waals surface area contributed by atoms with E-state index in [9.17, 15) is 4.79 Å². The van der Waals surface area contributed by atoms with Crippen LogP contribution in [0.5, 0.6) is 0 Å². The molecular weight excluding hydrogens is 314 g/mol. The molecule has 23 heavy (non-hydrogen) atoms. The molecule has 0 radical (unpaired) electrons. The molecule has 0 unspecified atom stereocenters. The van der Waals surface area contributed by atoms with Gasteiger partial charge in [-0.25, -0.2) is 4.98 Å². The zero-order chi connectivity index (χ0) is 16.4. The number of hydrogen-bond donors (Lipinski definition) is 0. The Balaban J connectivity index is 1.65. The standard InChI is InChI=1S/C15H21N5O2S/c1-10-13(23-9-16-10)15(21)20-6-4-5-19(7-8-20)11(2)14-18-17-12(3)22-14/h9,11H,4-8H2,1-3H3/t11-/m0/s1. The van der Waals surface area contributed by atoms with Crippen molar-refractivity contribution in [2.45, 2.75) is 33.2 Å². The first-order chi connectivity index (χ1) is 11.1. The van der Waals surface area contributed by atoms with Crippen molar-refractivity contribution in [2.24, 2.45) is 0 Å². The van der Waals surface area contributed by atoms with Crippen molar-refractivity contribution in [2.75, 3.05) is 26.2 Å². The van der Waals surface area contributed by atoms with E-state index in [4.69, 9.17) is 4.42 Å². The molecule has 0 aliphatic carbocycles. The topological polar surface area (TPSA) is 75.4 Å². The SMILES string of the molecule is Cc1nnc([C@H](C)N2CCCN(C(=O)c3scnc3C)CC2)o1. The summed E-state index contributed by atoms with van der Waals surface area (Å²) in [6, 6.07) is 0.0661. The number of aromatic nitrogens is 3. The summed E-state index contributed by atoms with van der Waals surface area (Å²) < 4.78 is 5.54. The minimum atomic E-state index is 0.0661. The largest absolute Gasteiger partial charge is 0.424 e. The highest BCUT2D eigenvalue weighted by molar-refractivity contribution is 7.11. The van der Waals surface area contributed by atoms with Crippen molar-refractivity contribution in [1.29, 1.82) is 0 Å². The molecule has 3 heterocycles. The summed E-state index contributed by atoms with van der Waals surface area (Å²) in [6.45, 7) is 8.92. The number of aryl methyl sites for hydroxylation is 2. The van der Waals surface area contributed by atoms with Gasteiger partial charge in [-0.2, -0.15) is 0 Å². The average Bonchev–Trinajstić information content (AvgIpc) is 3.07. The third-order valence-corrected chi connectivity index (χ3v) is 5.12. The van der Waals surface area contributed by atoms with Gasteiger partial charge in [0, 0.05) is 33.1 Å². The van der Waals surface area contributed by atoms with Crippen molar-refractivity contribution >= 4 is 17.2 Å². The molecule has 0 bridgehead atoms. The first-order valence-corrected chi connectivity index (χ1v) is 8.67. The van der Waals surface area contributed by atoms with Gasteiger partial charge in [-0.05, 0) is 20.3 Å². The van der Waals surface area contributed by atoms with E-state index >= 15 is 0 Å². The van der Waals surface area contributed by atoms with E-state index in [-0.39, 0.29) is 11.9 Å². The van der Waals surface area contributed by atoms with Gasteiger partial charge in [0.1, 0.15) is 4.88 Å². The molecule has 1 saturated heterocycles. The van der Waals surface area contributed by atoms with Crippen LogP contribution >= 0.6 is 11.3 Å². The van der Waals surface area contributed by atoms with Gasteiger partial charge in [0.05, 0.1) is 17.2 Å². The van der Waals surface area contributed by atoms with E-state index in [0.29, 0.717) is 18.3 Å². The fraction of sp³-hybridized carbons (Fsp3) is 0.600. The van der Waals surface area contributed by atoms with Gasteiger partial charge < -0.3 is 9.32 Å². The second kappa shape index (κ2) is 6.76. The summed E-state index contributed by atoms with van der Waals surface area (Å²) in [5.74, 6) is 1.31. The van der Waals surface area contributed by atoms with Crippen LogP contribution in [0.15, 0.2) is 9.93 Å². The molecule has 1 fully saturated rings. The molecular formula is C15H21N5O2S. The van der Waals surface area contributed by atoms with Crippen LogP contribution in [0.3, 0.4) is 0 Å². The van der Waals surface area contributed by atoms with Gasteiger partial charge in [-0.15, -0.1) is 21.5 Å². The Labute approximate surface area is 139 Å². The zero-order valence-corrected chi connectivity index (χ0v) is 14.5. The van der Waals surface area contributed by atoms with Gasteiger partial charge in [0.15, 0.2) is 0 Å². The maximum atomic E-state index is 12.6. The number of nitrogens with zero attached hydrogens (tertiary/aromatic N) is 5. The molecule has 0 N–H and O–H groups in total. The molecule has 1 aliphatic rings. The lowest BCUT2D eigenvalue weighted by Gasteiger charge is -2.25. The molecule has 2 aromatic rings. The van der Waals surface area contributed by atoms with Crippen molar-refractivity contribution in [3.8, 4) is 0 Å². The third-order valence-electron chi connectivity index (χ3n) is 4.20. The van der Waals surface area contributed by atoms with Gasteiger partial charge in [-0.1, -0.05) is 0 Å². The maximum absolute atomic E-state index is 12.6. The number of carbonyl (C=O) groups excluding carboxylic acids is 1. The number of thiazole rings is 1. The second-order valence-corrected chi connectivity index (χ2v) is 6.64. The van der Waals surface area contributed by atoms with Crippen LogP contribution in [0.2, 0.25) is 0 Å². The van der Waals surface area contributed by atoms with E-state index in [0.717, 1.165) is 36.6 Å². The Bertz CT molecular complexity index is 683. The number of carbonyl (C=O) groups is 1. The molecule has 0 saturated carbocycles. The summed E-state index contributed by atoms with van der Waals surface area (Å²) >= 11 is 1.42. The lowest BCUT2D eigenvalue weighted by atomic mass is 10.2. The van der Waals surface area contributed by atoms with Gasteiger partial charge in [-0.3, -0.25) is 9.69 Å².